The highest BCUT2D eigenvalue weighted by Crippen LogP contribution is 2.37. The van der Waals surface area contributed by atoms with Crippen molar-refractivity contribution >= 4 is 44.9 Å². The van der Waals surface area contributed by atoms with Crippen molar-refractivity contribution in [2.45, 2.75) is 31.3 Å². The smallest absolute Gasteiger partial charge is 0.267 e. The first-order valence-electron chi connectivity index (χ1n) is 10.9. The van der Waals surface area contributed by atoms with E-state index >= 15 is 0 Å². The SMILES string of the molecule is CC1CCc2c(sc3nc(SCC(=O)Nc4cc(F)ccc4F)n(-c4ccccc4)c(=O)c23)C1. The summed E-state index contributed by atoms with van der Waals surface area (Å²) in [6.45, 7) is 2.21. The lowest BCUT2D eigenvalue weighted by Crippen LogP contribution is -2.23. The highest BCUT2D eigenvalue weighted by molar-refractivity contribution is 7.99. The number of benzene rings is 2. The fraction of sp³-hybridized carbons (Fsp3) is 0.240. The van der Waals surface area contributed by atoms with Crippen LogP contribution in [0.3, 0.4) is 0 Å². The minimum absolute atomic E-state index is 0.122. The van der Waals surface area contributed by atoms with Gasteiger partial charge in [-0.2, -0.15) is 0 Å². The maximum Gasteiger partial charge on any atom is 0.267 e. The number of carbonyl (C=O) groups excluding carboxylic acids is 1. The van der Waals surface area contributed by atoms with Crippen LogP contribution in [0.15, 0.2) is 58.5 Å². The molecule has 1 atom stereocenters. The molecule has 0 spiro atoms. The third-order valence-corrected chi connectivity index (χ3v) is 7.93. The molecule has 0 fully saturated rings. The molecule has 2 heterocycles. The van der Waals surface area contributed by atoms with Gasteiger partial charge in [-0.25, -0.2) is 13.8 Å². The highest BCUT2D eigenvalue weighted by atomic mass is 32.2. The summed E-state index contributed by atoms with van der Waals surface area (Å²) in [5.74, 6) is -1.45. The zero-order chi connectivity index (χ0) is 23.8. The summed E-state index contributed by atoms with van der Waals surface area (Å²) in [6.07, 6.45) is 2.83. The summed E-state index contributed by atoms with van der Waals surface area (Å²) in [5, 5.41) is 3.43. The molecular weight excluding hydrogens is 476 g/mol. The number of rotatable bonds is 5. The van der Waals surface area contributed by atoms with Gasteiger partial charge in [-0.1, -0.05) is 36.9 Å². The Kier molecular flexibility index (Phi) is 6.22. The van der Waals surface area contributed by atoms with Crippen LogP contribution in [0.1, 0.15) is 23.8 Å². The summed E-state index contributed by atoms with van der Waals surface area (Å²) >= 11 is 2.63. The molecule has 0 saturated carbocycles. The van der Waals surface area contributed by atoms with Crippen LogP contribution in [0.4, 0.5) is 14.5 Å². The van der Waals surface area contributed by atoms with Gasteiger partial charge in [0.1, 0.15) is 16.5 Å². The molecule has 9 heteroatoms. The Morgan fingerprint density at radius 3 is 2.82 bits per heavy atom. The number of aryl methyl sites for hydroxylation is 1. The number of para-hydroxylation sites is 1. The molecule has 1 aliphatic carbocycles. The van der Waals surface area contributed by atoms with Gasteiger partial charge in [0.2, 0.25) is 5.91 Å². The lowest BCUT2D eigenvalue weighted by Gasteiger charge is -2.17. The van der Waals surface area contributed by atoms with Crippen LogP contribution in [0, 0.1) is 17.6 Å². The van der Waals surface area contributed by atoms with E-state index in [2.05, 4.69) is 12.2 Å². The molecule has 1 unspecified atom stereocenters. The first-order chi connectivity index (χ1) is 16.4. The Balaban J connectivity index is 1.51. The van der Waals surface area contributed by atoms with E-state index in [0.29, 0.717) is 27.0 Å². The molecule has 5 nitrogen and oxygen atoms in total. The van der Waals surface area contributed by atoms with Crippen LogP contribution < -0.4 is 10.9 Å². The van der Waals surface area contributed by atoms with Crippen molar-refractivity contribution < 1.29 is 13.6 Å². The lowest BCUT2D eigenvalue weighted by atomic mass is 9.89. The topological polar surface area (TPSA) is 64.0 Å². The van der Waals surface area contributed by atoms with Gasteiger partial charge in [0.25, 0.3) is 5.56 Å². The van der Waals surface area contributed by atoms with E-state index in [4.69, 9.17) is 4.98 Å². The van der Waals surface area contributed by atoms with Crippen molar-refractivity contribution in [3.63, 3.8) is 0 Å². The Hall–Kier alpha value is -3.04. The Morgan fingerprint density at radius 1 is 1.24 bits per heavy atom. The van der Waals surface area contributed by atoms with E-state index in [0.717, 1.165) is 54.8 Å². The third kappa shape index (κ3) is 4.37. The van der Waals surface area contributed by atoms with Crippen molar-refractivity contribution in [1.29, 1.82) is 0 Å². The number of nitrogens with zero attached hydrogens (tertiary/aromatic N) is 2. The second-order valence-electron chi connectivity index (χ2n) is 8.36. The molecule has 174 valence electrons. The molecule has 0 radical (unpaired) electrons. The summed E-state index contributed by atoms with van der Waals surface area (Å²) < 4.78 is 28.9. The van der Waals surface area contributed by atoms with Gasteiger partial charge >= 0.3 is 0 Å². The average Bonchev–Trinajstić information content (AvgIpc) is 3.18. The number of thioether (sulfide) groups is 1. The minimum Gasteiger partial charge on any atom is -0.323 e. The van der Waals surface area contributed by atoms with Crippen LogP contribution in [0.5, 0.6) is 0 Å². The number of fused-ring (bicyclic) bond motifs is 3. The molecule has 0 bridgehead atoms. The van der Waals surface area contributed by atoms with Gasteiger partial charge in [0.05, 0.1) is 22.5 Å². The summed E-state index contributed by atoms with van der Waals surface area (Å²) in [6, 6.07) is 12.1. The van der Waals surface area contributed by atoms with Crippen LogP contribution in [-0.4, -0.2) is 21.2 Å². The first kappa shape index (κ1) is 22.7. The number of hydrogen-bond acceptors (Lipinski definition) is 5. The molecule has 1 aliphatic rings. The number of nitrogens with one attached hydrogen (secondary N) is 1. The largest absolute Gasteiger partial charge is 0.323 e. The predicted molar refractivity (Wildman–Crippen MR) is 132 cm³/mol. The van der Waals surface area contributed by atoms with Crippen molar-refractivity contribution in [1.82, 2.24) is 9.55 Å². The average molecular weight is 498 g/mol. The van der Waals surface area contributed by atoms with Crippen molar-refractivity contribution in [3.8, 4) is 5.69 Å². The second kappa shape index (κ2) is 9.31. The molecule has 5 rings (SSSR count). The van der Waals surface area contributed by atoms with E-state index in [9.17, 15) is 18.4 Å². The van der Waals surface area contributed by atoms with E-state index in [1.165, 1.54) is 9.44 Å². The van der Waals surface area contributed by atoms with Crippen molar-refractivity contribution in [3.05, 3.63) is 81.0 Å². The molecular formula is C25H21F2N3O2S2. The third-order valence-electron chi connectivity index (χ3n) is 5.85. The normalized spacial score (nSPS) is 15.3. The summed E-state index contributed by atoms with van der Waals surface area (Å²) in [4.78, 5) is 32.9. The van der Waals surface area contributed by atoms with E-state index in [1.54, 1.807) is 11.3 Å². The highest BCUT2D eigenvalue weighted by Gasteiger charge is 2.25. The van der Waals surface area contributed by atoms with Crippen LogP contribution in [-0.2, 0) is 17.6 Å². The van der Waals surface area contributed by atoms with Gasteiger partial charge in [-0.05, 0) is 55.0 Å². The quantitative estimate of drug-likeness (QED) is 0.289. The van der Waals surface area contributed by atoms with E-state index in [-0.39, 0.29) is 17.0 Å². The number of aromatic nitrogens is 2. The molecule has 2 aromatic carbocycles. The maximum atomic E-state index is 13.9. The fourth-order valence-corrected chi connectivity index (χ4v) is 6.42. The van der Waals surface area contributed by atoms with Gasteiger partial charge in [-0.15, -0.1) is 11.3 Å². The van der Waals surface area contributed by atoms with E-state index in [1.807, 2.05) is 30.3 Å². The summed E-state index contributed by atoms with van der Waals surface area (Å²) in [5.41, 5.74) is 1.37. The van der Waals surface area contributed by atoms with Crippen LogP contribution in [0.2, 0.25) is 0 Å². The molecule has 0 saturated heterocycles. The van der Waals surface area contributed by atoms with Gasteiger partial charge in [0.15, 0.2) is 5.16 Å². The maximum absolute atomic E-state index is 13.9. The fourth-order valence-electron chi connectivity index (χ4n) is 4.18. The van der Waals surface area contributed by atoms with Crippen molar-refractivity contribution in [2.75, 3.05) is 11.1 Å². The van der Waals surface area contributed by atoms with Crippen LogP contribution >= 0.6 is 23.1 Å². The Bertz CT molecular complexity index is 1450. The number of thiophene rings is 1. The Morgan fingerprint density at radius 2 is 2.03 bits per heavy atom. The second-order valence-corrected chi connectivity index (χ2v) is 10.4. The van der Waals surface area contributed by atoms with Gasteiger partial charge in [-0.3, -0.25) is 14.2 Å². The Labute approximate surface area is 202 Å². The zero-order valence-electron chi connectivity index (χ0n) is 18.3. The van der Waals surface area contributed by atoms with E-state index < -0.39 is 17.5 Å². The molecule has 2 aromatic heterocycles. The molecule has 1 N–H and O–H groups in total. The molecule has 0 aliphatic heterocycles. The predicted octanol–water partition coefficient (Wildman–Crippen LogP) is 5.58. The van der Waals surface area contributed by atoms with Crippen molar-refractivity contribution in [2.24, 2.45) is 5.92 Å². The van der Waals surface area contributed by atoms with Gasteiger partial charge in [0, 0.05) is 10.9 Å². The molecule has 1 amide bonds. The zero-order valence-corrected chi connectivity index (χ0v) is 19.9. The number of anilines is 1. The monoisotopic (exact) mass is 497 g/mol. The number of amides is 1. The standard InChI is InChI=1S/C25H21F2N3O2S2/c1-14-7-9-17-20(11-14)34-23-22(17)24(32)30(16-5-3-2-4-6-16)25(29-23)33-13-21(31)28-19-12-15(26)8-10-18(19)27/h2-6,8,10,12,14H,7,9,11,13H2,1H3,(H,28,31). The lowest BCUT2D eigenvalue weighted by molar-refractivity contribution is -0.113. The molecule has 34 heavy (non-hydrogen) atoms. The number of hydrogen-bond donors (Lipinski definition) is 1. The summed E-state index contributed by atoms with van der Waals surface area (Å²) in [7, 11) is 0. The number of halogens is 2. The van der Waals surface area contributed by atoms with Crippen LogP contribution in [0.25, 0.3) is 15.9 Å². The van der Waals surface area contributed by atoms with Gasteiger partial charge < -0.3 is 5.32 Å². The minimum atomic E-state index is -0.723. The number of carbonyl (C=O) groups is 1. The first-order valence-corrected chi connectivity index (χ1v) is 12.7. The molecule has 4 aromatic rings.